The number of rotatable bonds is 10. The van der Waals surface area contributed by atoms with Gasteiger partial charge in [-0.2, -0.15) is 0 Å². The van der Waals surface area contributed by atoms with Gasteiger partial charge in [-0.05, 0) is 16.7 Å². The van der Waals surface area contributed by atoms with Crippen molar-refractivity contribution in [3.63, 3.8) is 0 Å². The minimum Gasteiger partial charge on any atom is -0.393 e. The summed E-state index contributed by atoms with van der Waals surface area (Å²) in [5, 5.41) is 23.5. The van der Waals surface area contributed by atoms with Crippen LogP contribution in [0.2, 0.25) is 0 Å². The first-order valence-electron chi connectivity index (χ1n) is 13.3. The lowest BCUT2D eigenvalue weighted by atomic mass is 10.0. The van der Waals surface area contributed by atoms with Crippen LogP contribution in [0.15, 0.2) is 140 Å². The van der Waals surface area contributed by atoms with Crippen LogP contribution in [0.1, 0.15) is 22.8 Å². The van der Waals surface area contributed by atoms with Gasteiger partial charge in [-0.25, -0.2) is 0 Å². The maximum Gasteiger partial charge on any atom is 0.147 e. The van der Waals surface area contributed by atoms with Gasteiger partial charge in [0.1, 0.15) is 20.4 Å². The Balaban J connectivity index is 1.63. The molecular formula is C34H32O4P2. The highest BCUT2D eigenvalue weighted by Gasteiger charge is 2.31. The van der Waals surface area contributed by atoms with Crippen LogP contribution in [0.4, 0.5) is 0 Å². The summed E-state index contributed by atoms with van der Waals surface area (Å²) in [4.78, 5) is 0. The van der Waals surface area contributed by atoms with E-state index in [-0.39, 0.29) is 12.3 Å². The van der Waals surface area contributed by atoms with Gasteiger partial charge >= 0.3 is 0 Å². The molecule has 5 aromatic rings. The molecule has 0 bridgehead atoms. The molecule has 2 N–H and O–H groups in total. The van der Waals surface area contributed by atoms with Gasteiger partial charge in [0.25, 0.3) is 0 Å². The summed E-state index contributed by atoms with van der Waals surface area (Å²) in [5.74, 6) is 0. The summed E-state index contributed by atoms with van der Waals surface area (Å²) in [6, 6.07) is 43.3. The minimum atomic E-state index is -3.17. The van der Waals surface area contributed by atoms with E-state index in [4.69, 9.17) is 0 Å². The van der Waals surface area contributed by atoms with Crippen molar-refractivity contribution in [3.05, 3.63) is 156 Å². The second-order valence-corrected chi connectivity index (χ2v) is 15.5. The van der Waals surface area contributed by atoms with E-state index in [0.29, 0.717) is 11.1 Å². The molecule has 1 atom stereocenters. The van der Waals surface area contributed by atoms with E-state index < -0.39 is 27.0 Å². The zero-order valence-corrected chi connectivity index (χ0v) is 23.9. The monoisotopic (exact) mass is 566 g/mol. The Morgan fingerprint density at radius 1 is 0.525 bits per heavy atom. The van der Waals surface area contributed by atoms with E-state index in [1.165, 1.54) is 0 Å². The van der Waals surface area contributed by atoms with Crippen molar-refractivity contribution in [2.45, 2.75) is 18.4 Å². The van der Waals surface area contributed by atoms with E-state index in [1.807, 2.05) is 133 Å². The van der Waals surface area contributed by atoms with Crippen LogP contribution in [0, 0.1) is 0 Å². The largest absolute Gasteiger partial charge is 0.393 e. The van der Waals surface area contributed by atoms with Crippen molar-refractivity contribution in [2.75, 3.05) is 6.61 Å². The van der Waals surface area contributed by atoms with Crippen LogP contribution in [-0.4, -0.2) is 16.8 Å². The van der Waals surface area contributed by atoms with Crippen molar-refractivity contribution >= 4 is 35.5 Å². The molecule has 202 valence electrons. The van der Waals surface area contributed by atoms with Crippen LogP contribution in [0.25, 0.3) is 0 Å². The van der Waals surface area contributed by atoms with Gasteiger partial charge in [0.2, 0.25) is 0 Å². The topological polar surface area (TPSA) is 74.6 Å². The average Bonchev–Trinajstić information content (AvgIpc) is 3.02. The standard InChI is InChI=1S/C34H32O4P2/c35-24-34(36)33-22-21-27(25-39(37,29-13-5-1-6-14-29)30-15-7-2-8-16-30)23-28(33)26-40(38,31-17-9-3-10-18-31)32-19-11-4-12-20-32/h1-23,34-36H,24-26H2. The Morgan fingerprint density at radius 3 is 1.27 bits per heavy atom. The molecule has 1 unspecified atom stereocenters. The molecule has 0 saturated heterocycles. The van der Waals surface area contributed by atoms with Crippen LogP contribution in [0.3, 0.4) is 0 Å². The number of aliphatic hydroxyl groups excluding tert-OH is 2. The highest BCUT2D eigenvalue weighted by molar-refractivity contribution is 7.78. The second kappa shape index (κ2) is 12.3. The highest BCUT2D eigenvalue weighted by atomic mass is 31.2. The molecule has 0 spiro atoms. The van der Waals surface area contributed by atoms with E-state index in [0.717, 1.165) is 26.8 Å². The van der Waals surface area contributed by atoms with Gasteiger partial charge in [-0.3, -0.25) is 0 Å². The van der Waals surface area contributed by atoms with Crippen molar-refractivity contribution < 1.29 is 19.3 Å². The first-order valence-corrected chi connectivity index (χ1v) is 17.0. The molecule has 0 fully saturated rings. The van der Waals surface area contributed by atoms with Crippen LogP contribution in [0.5, 0.6) is 0 Å². The van der Waals surface area contributed by atoms with Crippen LogP contribution >= 0.6 is 14.3 Å². The summed E-state index contributed by atoms with van der Waals surface area (Å²) in [7, 11) is -6.23. The fraction of sp³-hybridized carbons (Fsp3) is 0.118. The SMILES string of the molecule is O=P(Cc1ccc(C(O)CO)c(CP(=O)(c2ccccc2)c2ccccc2)c1)(c1ccccc1)c1ccccc1. The molecule has 0 saturated carbocycles. The molecule has 40 heavy (non-hydrogen) atoms. The molecule has 5 aromatic carbocycles. The third kappa shape index (κ3) is 5.82. The Kier molecular flexibility index (Phi) is 8.64. The predicted octanol–water partition coefficient (Wildman–Crippen LogP) is 5.74. The molecule has 5 rings (SSSR count). The molecule has 0 aliphatic heterocycles. The first kappa shape index (κ1) is 28.0. The maximum absolute atomic E-state index is 14.9. The van der Waals surface area contributed by atoms with Gasteiger partial charge in [0.15, 0.2) is 0 Å². The summed E-state index contributed by atoms with van der Waals surface area (Å²) in [6.45, 7) is -0.458. The Morgan fingerprint density at radius 2 is 0.900 bits per heavy atom. The van der Waals surface area contributed by atoms with Gasteiger partial charge in [0, 0.05) is 33.5 Å². The number of hydrogen-bond donors (Lipinski definition) is 2. The van der Waals surface area contributed by atoms with Crippen molar-refractivity contribution in [2.24, 2.45) is 0 Å². The highest BCUT2D eigenvalue weighted by Crippen LogP contribution is 2.50. The average molecular weight is 567 g/mol. The summed E-state index contributed by atoms with van der Waals surface area (Å²) >= 11 is 0. The van der Waals surface area contributed by atoms with Gasteiger partial charge in [-0.1, -0.05) is 140 Å². The summed E-state index contributed by atoms with van der Waals surface area (Å²) < 4.78 is 29.6. The molecule has 0 aliphatic rings. The van der Waals surface area contributed by atoms with Crippen molar-refractivity contribution in [1.29, 1.82) is 0 Å². The van der Waals surface area contributed by atoms with E-state index in [1.54, 1.807) is 6.07 Å². The molecular weight excluding hydrogens is 534 g/mol. The fourth-order valence-electron chi connectivity index (χ4n) is 5.15. The smallest absolute Gasteiger partial charge is 0.147 e. The number of hydrogen-bond acceptors (Lipinski definition) is 4. The van der Waals surface area contributed by atoms with Crippen LogP contribution < -0.4 is 21.2 Å². The lowest BCUT2D eigenvalue weighted by Gasteiger charge is -2.24. The Labute approximate surface area is 235 Å². The second-order valence-electron chi connectivity index (χ2n) is 9.87. The third-order valence-corrected chi connectivity index (χ3v) is 13.4. The van der Waals surface area contributed by atoms with E-state index in [9.17, 15) is 19.3 Å². The fourth-order valence-corrected chi connectivity index (χ4v) is 10.6. The lowest BCUT2D eigenvalue weighted by Crippen LogP contribution is -2.19. The molecule has 6 heteroatoms. The van der Waals surface area contributed by atoms with E-state index in [2.05, 4.69) is 0 Å². The normalized spacial score (nSPS) is 12.7. The predicted molar refractivity (Wildman–Crippen MR) is 165 cm³/mol. The van der Waals surface area contributed by atoms with Gasteiger partial charge < -0.3 is 19.3 Å². The Bertz CT molecular complexity index is 1550. The van der Waals surface area contributed by atoms with Crippen LogP contribution in [-0.2, 0) is 21.5 Å². The van der Waals surface area contributed by atoms with Crippen molar-refractivity contribution in [3.8, 4) is 0 Å². The molecule has 0 radical (unpaired) electrons. The molecule has 0 aliphatic carbocycles. The third-order valence-electron chi connectivity index (χ3n) is 7.23. The number of benzene rings is 5. The summed E-state index contributed by atoms with van der Waals surface area (Å²) in [6.07, 6.45) is -0.702. The van der Waals surface area contributed by atoms with E-state index >= 15 is 0 Å². The molecule has 4 nitrogen and oxygen atoms in total. The number of aliphatic hydroxyl groups is 2. The van der Waals surface area contributed by atoms with Gasteiger partial charge in [0.05, 0.1) is 6.61 Å². The zero-order chi connectivity index (χ0) is 28.0. The van der Waals surface area contributed by atoms with Gasteiger partial charge in [-0.15, -0.1) is 0 Å². The summed E-state index contributed by atoms with van der Waals surface area (Å²) in [5.41, 5.74) is 2.00. The lowest BCUT2D eigenvalue weighted by molar-refractivity contribution is 0.0950. The molecule has 0 aromatic heterocycles. The molecule has 0 heterocycles. The van der Waals surface area contributed by atoms with Crippen molar-refractivity contribution in [1.82, 2.24) is 0 Å². The molecule has 0 amide bonds. The maximum atomic E-state index is 14.9. The zero-order valence-electron chi connectivity index (χ0n) is 22.1. The minimum absolute atomic E-state index is 0.155. The quantitative estimate of drug-likeness (QED) is 0.212. The Hall–Kier alpha value is -3.52. The first-order chi connectivity index (χ1) is 19.4.